The highest BCUT2D eigenvalue weighted by Crippen LogP contribution is 2.38. The predicted octanol–water partition coefficient (Wildman–Crippen LogP) is 2.52. The lowest BCUT2D eigenvalue weighted by Crippen LogP contribution is -2.55. The van der Waals surface area contributed by atoms with Crippen LogP contribution in [0.15, 0.2) is 30.7 Å². The third kappa shape index (κ3) is 5.03. The predicted molar refractivity (Wildman–Crippen MR) is 127 cm³/mol. The summed E-state index contributed by atoms with van der Waals surface area (Å²) in [5, 5.41) is 26.8. The van der Waals surface area contributed by atoms with E-state index in [0.717, 1.165) is 19.4 Å². The minimum absolute atomic E-state index is 0.0636. The van der Waals surface area contributed by atoms with Gasteiger partial charge >= 0.3 is 0 Å². The molecule has 2 aliphatic rings. The van der Waals surface area contributed by atoms with Gasteiger partial charge < -0.3 is 20.5 Å². The summed E-state index contributed by atoms with van der Waals surface area (Å²) in [5.41, 5.74) is 1.28. The number of hydrogen-bond donors (Lipinski definition) is 3. The van der Waals surface area contributed by atoms with Crippen LogP contribution in [0.4, 0.5) is 21.8 Å². The van der Waals surface area contributed by atoms with Crippen LogP contribution < -0.4 is 15.4 Å². The number of anilines is 3. The van der Waals surface area contributed by atoms with E-state index in [0.29, 0.717) is 23.2 Å². The van der Waals surface area contributed by atoms with Gasteiger partial charge in [0.25, 0.3) is 0 Å². The summed E-state index contributed by atoms with van der Waals surface area (Å²) in [7, 11) is 0. The van der Waals surface area contributed by atoms with Crippen molar-refractivity contribution >= 4 is 17.5 Å². The number of tetrazole rings is 1. The second-order valence-electron chi connectivity index (χ2n) is 9.61. The molecule has 0 aliphatic carbocycles. The summed E-state index contributed by atoms with van der Waals surface area (Å²) in [6.07, 6.45) is 6.91. The molecule has 0 saturated carbocycles. The topological polar surface area (TPSA) is 126 Å². The Morgan fingerprint density at radius 2 is 2.20 bits per heavy atom. The van der Waals surface area contributed by atoms with Crippen molar-refractivity contribution in [3.63, 3.8) is 0 Å². The fraction of sp³-hybridized carbons (Fsp3) is 0.522. The lowest BCUT2D eigenvalue weighted by Gasteiger charge is -2.47. The van der Waals surface area contributed by atoms with Crippen LogP contribution in [0, 0.1) is 5.82 Å². The zero-order valence-electron chi connectivity index (χ0n) is 19.9. The van der Waals surface area contributed by atoms with E-state index in [1.165, 1.54) is 30.0 Å². The van der Waals surface area contributed by atoms with Crippen molar-refractivity contribution in [1.82, 2.24) is 35.1 Å². The SMILES string of the molecule is CC1(C)CC(Nc2nc(Nc3ccc(OCCO)c(-n4cnnn4)c3)ncc2F)CC2CCCN21. The average molecular weight is 484 g/mol. The zero-order chi connectivity index (χ0) is 24.4. The molecule has 0 radical (unpaired) electrons. The fourth-order valence-electron chi connectivity index (χ4n) is 5.29. The van der Waals surface area contributed by atoms with Crippen LogP contribution in [0.3, 0.4) is 0 Å². The van der Waals surface area contributed by atoms with Crippen LogP contribution in [0.1, 0.15) is 39.5 Å². The summed E-state index contributed by atoms with van der Waals surface area (Å²) in [6.45, 7) is 5.67. The maximum Gasteiger partial charge on any atom is 0.229 e. The van der Waals surface area contributed by atoms with Crippen molar-refractivity contribution in [2.24, 2.45) is 0 Å². The normalized spacial score (nSPS) is 21.5. The second-order valence-corrected chi connectivity index (χ2v) is 9.61. The molecule has 12 heteroatoms. The lowest BCUT2D eigenvalue weighted by molar-refractivity contribution is 0.0500. The van der Waals surface area contributed by atoms with Crippen LogP contribution in [0.5, 0.6) is 5.75 Å². The Kier molecular flexibility index (Phi) is 6.48. The molecule has 1 aromatic carbocycles. The number of fused-ring (bicyclic) bond motifs is 1. The number of nitrogens with one attached hydrogen (secondary N) is 2. The van der Waals surface area contributed by atoms with Gasteiger partial charge in [-0.1, -0.05) is 0 Å². The summed E-state index contributed by atoms with van der Waals surface area (Å²) >= 11 is 0. The Bertz CT molecular complexity index is 1160. The van der Waals surface area contributed by atoms with Crippen LogP contribution in [0.25, 0.3) is 5.69 Å². The van der Waals surface area contributed by atoms with Gasteiger partial charge in [0.05, 0.1) is 12.8 Å². The van der Waals surface area contributed by atoms with Crippen LogP contribution in [-0.4, -0.2) is 77.6 Å². The first-order valence-corrected chi connectivity index (χ1v) is 11.9. The largest absolute Gasteiger partial charge is 0.489 e. The molecule has 0 bridgehead atoms. The van der Waals surface area contributed by atoms with Gasteiger partial charge in [-0.2, -0.15) is 9.67 Å². The van der Waals surface area contributed by atoms with Crippen molar-refractivity contribution in [2.45, 2.75) is 57.2 Å². The van der Waals surface area contributed by atoms with Crippen molar-refractivity contribution in [3.05, 3.63) is 36.5 Å². The Morgan fingerprint density at radius 1 is 1.31 bits per heavy atom. The molecule has 0 amide bonds. The third-order valence-electron chi connectivity index (χ3n) is 6.70. The summed E-state index contributed by atoms with van der Waals surface area (Å²) < 4.78 is 21.7. The summed E-state index contributed by atoms with van der Waals surface area (Å²) in [5.74, 6) is 0.473. The van der Waals surface area contributed by atoms with E-state index >= 15 is 0 Å². The Morgan fingerprint density at radius 3 is 3.00 bits per heavy atom. The third-order valence-corrected chi connectivity index (χ3v) is 6.70. The molecule has 186 valence electrons. The zero-order valence-corrected chi connectivity index (χ0v) is 19.9. The highest BCUT2D eigenvalue weighted by Gasteiger charge is 2.43. The van der Waals surface area contributed by atoms with Crippen molar-refractivity contribution in [1.29, 1.82) is 0 Å². The molecule has 2 unspecified atom stereocenters. The van der Waals surface area contributed by atoms with Gasteiger partial charge in [-0.25, -0.2) is 9.37 Å². The van der Waals surface area contributed by atoms with E-state index < -0.39 is 5.82 Å². The maximum atomic E-state index is 14.7. The number of benzene rings is 1. The molecule has 3 aromatic rings. The Labute approximate surface area is 202 Å². The molecule has 2 atom stereocenters. The first kappa shape index (κ1) is 23.4. The van der Waals surface area contributed by atoms with Gasteiger partial charge in [-0.3, -0.25) is 4.90 Å². The van der Waals surface area contributed by atoms with Gasteiger partial charge in [-0.15, -0.1) is 5.10 Å². The average Bonchev–Trinajstić information content (AvgIpc) is 3.53. The number of aliphatic hydroxyl groups is 1. The van der Waals surface area contributed by atoms with Gasteiger partial charge in [0.2, 0.25) is 5.95 Å². The number of hydrogen-bond acceptors (Lipinski definition) is 10. The second kappa shape index (κ2) is 9.70. The molecule has 11 nitrogen and oxygen atoms in total. The highest BCUT2D eigenvalue weighted by atomic mass is 19.1. The van der Waals surface area contributed by atoms with Crippen molar-refractivity contribution < 1.29 is 14.2 Å². The molecule has 2 fully saturated rings. The highest BCUT2D eigenvalue weighted by molar-refractivity contribution is 5.62. The van der Waals surface area contributed by atoms with Gasteiger partial charge in [0.15, 0.2) is 11.6 Å². The van der Waals surface area contributed by atoms with E-state index in [9.17, 15) is 4.39 Å². The smallest absolute Gasteiger partial charge is 0.229 e. The minimum Gasteiger partial charge on any atom is -0.489 e. The summed E-state index contributed by atoms with van der Waals surface area (Å²) in [4.78, 5) is 11.1. The van der Waals surface area contributed by atoms with Gasteiger partial charge in [0, 0.05) is 23.3 Å². The monoisotopic (exact) mass is 483 g/mol. The van der Waals surface area contributed by atoms with Crippen LogP contribution >= 0.6 is 0 Å². The number of rotatable bonds is 8. The first-order chi connectivity index (χ1) is 16.9. The molecule has 2 aliphatic heterocycles. The molecule has 0 spiro atoms. The van der Waals surface area contributed by atoms with Crippen molar-refractivity contribution in [3.8, 4) is 11.4 Å². The molecule has 4 heterocycles. The molecule has 5 rings (SSSR count). The van der Waals surface area contributed by atoms with E-state index in [1.54, 1.807) is 18.2 Å². The van der Waals surface area contributed by atoms with E-state index in [-0.39, 0.29) is 36.6 Å². The van der Waals surface area contributed by atoms with Gasteiger partial charge in [0.1, 0.15) is 24.4 Å². The van der Waals surface area contributed by atoms with Crippen LogP contribution in [-0.2, 0) is 0 Å². The van der Waals surface area contributed by atoms with Crippen LogP contribution in [0.2, 0.25) is 0 Å². The Balaban J connectivity index is 1.34. The number of nitrogens with zero attached hydrogens (tertiary/aromatic N) is 7. The quantitative estimate of drug-likeness (QED) is 0.440. The molecule has 3 N–H and O–H groups in total. The fourth-order valence-corrected chi connectivity index (χ4v) is 5.29. The minimum atomic E-state index is -0.482. The standard InChI is InChI=1S/C23H30FN9O2/c1-23(2)12-16(10-17-4-3-7-32(17)23)27-21-18(24)13-25-22(29-21)28-15-5-6-20(35-9-8-34)19(11-15)33-14-26-30-31-33/h5-6,11,13-14,16-17,34H,3-4,7-10,12H2,1-2H3,(H2,25,27,28,29). The molecule has 35 heavy (non-hydrogen) atoms. The van der Waals surface area contributed by atoms with Gasteiger partial charge in [-0.05, 0) is 74.7 Å². The number of halogens is 1. The summed E-state index contributed by atoms with van der Waals surface area (Å²) in [6, 6.07) is 5.93. The number of piperidine rings is 1. The van der Waals surface area contributed by atoms with E-state index in [4.69, 9.17) is 9.84 Å². The molecule has 2 saturated heterocycles. The van der Waals surface area contributed by atoms with Crippen molar-refractivity contribution in [2.75, 3.05) is 30.4 Å². The number of aliphatic hydroxyl groups excluding tert-OH is 1. The van der Waals surface area contributed by atoms with E-state index in [1.807, 2.05) is 0 Å². The number of aromatic nitrogens is 6. The maximum absolute atomic E-state index is 14.7. The molecule has 2 aromatic heterocycles. The molecular formula is C23H30FN9O2. The molecular weight excluding hydrogens is 453 g/mol. The Hall–Kier alpha value is -3.38. The van der Waals surface area contributed by atoms with E-state index in [2.05, 4.69) is 54.9 Å². The first-order valence-electron chi connectivity index (χ1n) is 11.9. The lowest BCUT2D eigenvalue weighted by atomic mass is 9.84. The number of ether oxygens (including phenoxy) is 1.